The number of allylic oxidation sites excluding steroid dienone is 1. The molecular weight excluding hydrogens is 259 g/mol. The van der Waals surface area contributed by atoms with Gasteiger partial charge in [0.25, 0.3) is 0 Å². The fraction of sp³-hybridized carbons (Fsp3) is 0.0909. The normalized spacial score (nSPS) is 8.76. The van der Waals surface area contributed by atoms with Crippen molar-refractivity contribution >= 4 is 28.9 Å². The Morgan fingerprint density at radius 3 is 2.53 bits per heavy atom. The Kier molecular flexibility index (Phi) is 4.66. The first-order chi connectivity index (χ1) is 8.10. The van der Waals surface area contributed by atoms with Gasteiger partial charge in [0, 0.05) is 11.2 Å². The van der Waals surface area contributed by atoms with Crippen LogP contribution in [0.15, 0.2) is 23.9 Å². The lowest BCUT2D eigenvalue weighted by atomic mass is 10.2. The molecule has 0 amide bonds. The summed E-state index contributed by atoms with van der Waals surface area (Å²) in [5.74, 6) is 0. The minimum Gasteiger partial charge on any atom is -0.306 e. The Balaban J connectivity index is 2.79. The molecule has 0 fully saturated rings. The van der Waals surface area contributed by atoms with Gasteiger partial charge in [0.15, 0.2) is 0 Å². The second kappa shape index (κ2) is 6.00. The fourth-order valence-corrected chi connectivity index (χ4v) is 1.45. The summed E-state index contributed by atoms with van der Waals surface area (Å²) in [6, 6.07) is 6.82. The molecule has 0 saturated heterocycles. The van der Waals surface area contributed by atoms with E-state index in [0.717, 1.165) is 5.56 Å². The molecule has 1 aromatic carbocycles. The molecule has 1 rings (SSSR count). The lowest BCUT2D eigenvalue weighted by molar-refractivity contribution is 1.05. The number of anilines is 1. The van der Waals surface area contributed by atoms with Crippen LogP contribution in [0.25, 0.3) is 0 Å². The molecule has 0 atom stereocenters. The van der Waals surface area contributed by atoms with Crippen LogP contribution in [0.3, 0.4) is 0 Å². The van der Waals surface area contributed by atoms with Gasteiger partial charge in [0.2, 0.25) is 0 Å². The third kappa shape index (κ3) is 3.29. The highest BCUT2D eigenvalue weighted by molar-refractivity contribution is 6.37. The molecule has 0 saturated carbocycles. The first kappa shape index (κ1) is 13.2. The summed E-state index contributed by atoms with van der Waals surface area (Å²) in [6.45, 7) is 1.79. The van der Waals surface area contributed by atoms with Gasteiger partial charge in [-0.05, 0) is 24.6 Å². The molecular formula is C11H8Cl2N4. The maximum atomic E-state index is 8.51. The van der Waals surface area contributed by atoms with Crippen LogP contribution in [0.2, 0.25) is 10.0 Å². The number of nitriles is 2. The molecule has 0 radical (unpaired) electrons. The molecule has 0 spiro atoms. The molecule has 17 heavy (non-hydrogen) atoms. The Hall–Kier alpha value is -1.88. The third-order valence-electron chi connectivity index (χ3n) is 1.98. The van der Waals surface area contributed by atoms with Crippen molar-refractivity contribution in [3.05, 3.63) is 39.5 Å². The van der Waals surface area contributed by atoms with E-state index in [1.54, 1.807) is 31.2 Å². The van der Waals surface area contributed by atoms with Crippen LogP contribution in [0, 0.1) is 29.6 Å². The number of nitrogens with one attached hydrogen (secondary N) is 2. The summed E-state index contributed by atoms with van der Waals surface area (Å²) >= 11 is 11.9. The molecule has 6 heteroatoms. The van der Waals surface area contributed by atoms with E-state index >= 15 is 0 Å². The average molecular weight is 267 g/mol. The summed E-state index contributed by atoms with van der Waals surface area (Å²) in [7, 11) is 0. The van der Waals surface area contributed by atoms with Crippen molar-refractivity contribution in [2.24, 2.45) is 0 Å². The molecule has 0 unspecified atom stereocenters. The first-order valence-corrected chi connectivity index (χ1v) is 5.32. The Labute approximate surface area is 109 Å². The molecule has 0 bridgehead atoms. The molecule has 0 aliphatic carbocycles. The van der Waals surface area contributed by atoms with Crippen LogP contribution in [0.5, 0.6) is 0 Å². The largest absolute Gasteiger partial charge is 0.306 e. The minimum absolute atomic E-state index is 0.0423. The highest BCUT2D eigenvalue weighted by Gasteiger charge is 2.05. The summed E-state index contributed by atoms with van der Waals surface area (Å²) in [5, 5.41) is 18.1. The highest BCUT2D eigenvalue weighted by atomic mass is 35.5. The summed E-state index contributed by atoms with van der Waals surface area (Å²) in [6.07, 6.45) is 1.25. The molecule has 2 N–H and O–H groups in total. The molecule has 0 aromatic heterocycles. The van der Waals surface area contributed by atoms with E-state index in [4.69, 9.17) is 33.7 Å². The summed E-state index contributed by atoms with van der Waals surface area (Å²) < 4.78 is 0. The minimum atomic E-state index is -0.0423. The number of hydrogen-bond donors (Lipinski definition) is 2. The number of halogens is 2. The van der Waals surface area contributed by atoms with E-state index in [-0.39, 0.29) is 5.57 Å². The number of hydrazine groups is 1. The zero-order chi connectivity index (χ0) is 12.8. The van der Waals surface area contributed by atoms with Gasteiger partial charge in [0.1, 0.15) is 17.7 Å². The van der Waals surface area contributed by atoms with E-state index in [2.05, 4.69) is 10.9 Å². The van der Waals surface area contributed by atoms with Gasteiger partial charge in [-0.15, -0.1) is 0 Å². The van der Waals surface area contributed by atoms with Crippen molar-refractivity contribution in [3.8, 4) is 12.1 Å². The quantitative estimate of drug-likeness (QED) is 0.651. The summed E-state index contributed by atoms with van der Waals surface area (Å²) in [5.41, 5.74) is 6.69. The van der Waals surface area contributed by atoms with Crippen molar-refractivity contribution in [1.82, 2.24) is 5.43 Å². The van der Waals surface area contributed by atoms with Gasteiger partial charge in [-0.2, -0.15) is 10.5 Å². The lowest BCUT2D eigenvalue weighted by Crippen LogP contribution is -2.15. The van der Waals surface area contributed by atoms with Gasteiger partial charge >= 0.3 is 0 Å². The van der Waals surface area contributed by atoms with Crippen molar-refractivity contribution < 1.29 is 0 Å². The third-order valence-corrected chi connectivity index (χ3v) is 2.88. The van der Waals surface area contributed by atoms with Crippen LogP contribution < -0.4 is 10.9 Å². The van der Waals surface area contributed by atoms with E-state index < -0.39 is 0 Å². The average Bonchev–Trinajstić information content (AvgIpc) is 2.34. The highest BCUT2D eigenvalue weighted by Crippen LogP contribution is 2.30. The van der Waals surface area contributed by atoms with Gasteiger partial charge in [-0.3, -0.25) is 5.43 Å². The number of rotatable bonds is 3. The smallest absolute Gasteiger partial charge is 0.147 e. The van der Waals surface area contributed by atoms with Crippen LogP contribution in [0.4, 0.5) is 5.69 Å². The van der Waals surface area contributed by atoms with Crippen LogP contribution >= 0.6 is 23.2 Å². The molecule has 4 nitrogen and oxygen atoms in total. The molecule has 1 aromatic rings. The SMILES string of the molecule is Cc1c(Cl)ccc(NNC=C(C#N)C#N)c1Cl. The van der Waals surface area contributed by atoms with E-state index in [0.29, 0.717) is 15.7 Å². The van der Waals surface area contributed by atoms with Crippen LogP contribution in [-0.2, 0) is 0 Å². The fourth-order valence-electron chi connectivity index (χ4n) is 1.03. The van der Waals surface area contributed by atoms with Crippen LogP contribution in [0.1, 0.15) is 5.56 Å². The Morgan fingerprint density at radius 2 is 1.94 bits per heavy atom. The molecule has 0 aliphatic heterocycles. The van der Waals surface area contributed by atoms with Gasteiger partial charge in [0.05, 0.1) is 10.7 Å². The maximum Gasteiger partial charge on any atom is 0.147 e. The number of benzene rings is 1. The van der Waals surface area contributed by atoms with Gasteiger partial charge < -0.3 is 5.43 Å². The van der Waals surface area contributed by atoms with E-state index in [9.17, 15) is 0 Å². The van der Waals surface area contributed by atoms with Crippen molar-refractivity contribution in [2.75, 3.05) is 5.43 Å². The van der Waals surface area contributed by atoms with E-state index in [1.165, 1.54) is 6.20 Å². The van der Waals surface area contributed by atoms with E-state index in [1.807, 2.05) is 0 Å². The van der Waals surface area contributed by atoms with Crippen molar-refractivity contribution in [1.29, 1.82) is 10.5 Å². The molecule has 0 heterocycles. The number of nitrogens with zero attached hydrogens (tertiary/aromatic N) is 2. The van der Waals surface area contributed by atoms with Gasteiger partial charge in [-0.1, -0.05) is 23.2 Å². The van der Waals surface area contributed by atoms with Crippen molar-refractivity contribution in [3.63, 3.8) is 0 Å². The Morgan fingerprint density at radius 1 is 1.29 bits per heavy atom. The second-order valence-electron chi connectivity index (χ2n) is 3.08. The van der Waals surface area contributed by atoms with Crippen molar-refractivity contribution in [2.45, 2.75) is 6.92 Å². The second-order valence-corrected chi connectivity index (χ2v) is 3.87. The predicted molar refractivity (Wildman–Crippen MR) is 67.3 cm³/mol. The number of hydrogen-bond acceptors (Lipinski definition) is 4. The zero-order valence-electron chi connectivity index (χ0n) is 8.88. The predicted octanol–water partition coefficient (Wildman–Crippen LogP) is 3.15. The lowest BCUT2D eigenvalue weighted by Gasteiger charge is -2.10. The van der Waals surface area contributed by atoms with Crippen LogP contribution in [-0.4, -0.2) is 0 Å². The maximum absolute atomic E-state index is 8.51. The monoisotopic (exact) mass is 266 g/mol. The Bertz CT molecular complexity index is 522. The zero-order valence-corrected chi connectivity index (χ0v) is 10.4. The molecule has 86 valence electrons. The topological polar surface area (TPSA) is 71.6 Å². The van der Waals surface area contributed by atoms with Gasteiger partial charge in [-0.25, -0.2) is 0 Å². The first-order valence-electron chi connectivity index (χ1n) is 4.56. The molecule has 0 aliphatic rings. The summed E-state index contributed by atoms with van der Waals surface area (Å²) in [4.78, 5) is 0. The standard InChI is InChI=1S/C11H8Cl2N4/c1-7-9(12)2-3-10(11(7)13)17-16-6-8(4-14)5-15/h2-3,6,16-17H,1H3.